The molecule has 0 aliphatic carbocycles. The smallest absolute Gasteiger partial charge is 0.322 e. The van der Waals surface area contributed by atoms with Gasteiger partial charge in [-0.3, -0.25) is 14.9 Å². The van der Waals surface area contributed by atoms with Crippen LogP contribution in [0.5, 0.6) is 0 Å². The van der Waals surface area contributed by atoms with E-state index in [1.54, 1.807) is 4.90 Å². The van der Waals surface area contributed by atoms with Crippen LogP contribution in [0.25, 0.3) is 0 Å². The van der Waals surface area contributed by atoms with Crippen molar-refractivity contribution >= 4 is 17.8 Å². The molecule has 0 bridgehead atoms. The van der Waals surface area contributed by atoms with Crippen LogP contribution in [0.2, 0.25) is 0 Å². The summed E-state index contributed by atoms with van der Waals surface area (Å²) in [5.41, 5.74) is -0.814. The number of urea groups is 1. The fourth-order valence-electron chi connectivity index (χ4n) is 3.28. The summed E-state index contributed by atoms with van der Waals surface area (Å²) in [6.45, 7) is 3.55. The average molecular weight is 281 g/mol. The molecule has 3 fully saturated rings. The van der Waals surface area contributed by atoms with Crippen LogP contribution in [0, 0.1) is 5.92 Å². The Kier molecular flexibility index (Phi) is 3.16. The molecule has 2 N–H and O–H groups in total. The van der Waals surface area contributed by atoms with E-state index in [9.17, 15) is 14.4 Å². The Morgan fingerprint density at radius 3 is 2.55 bits per heavy atom. The van der Waals surface area contributed by atoms with Crippen molar-refractivity contribution in [2.75, 3.05) is 19.7 Å². The molecule has 0 saturated carbocycles. The number of hydrogen-bond donors (Lipinski definition) is 2. The minimum atomic E-state index is -0.814. The third-order valence-electron chi connectivity index (χ3n) is 4.64. The molecule has 3 aliphatic rings. The zero-order valence-electron chi connectivity index (χ0n) is 11.5. The van der Waals surface area contributed by atoms with Crippen molar-refractivity contribution in [3.8, 4) is 0 Å². The van der Waals surface area contributed by atoms with Gasteiger partial charge in [0.2, 0.25) is 5.91 Å². The molecule has 7 nitrogen and oxygen atoms in total. The molecule has 3 heterocycles. The fourth-order valence-corrected chi connectivity index (χ4v) is 3.28. The summed E-state index contributed by atoms with van der Waals surface area (Å²) in [6, 6.07) is -0.437. The van der Waals surface area contributed by atoms with Gasteiger partial charge in [0.1, 0.15) is 5.54 Å². The Morgan fingerprint density at radius 2 is 2.05 bits per heavy atom. The number of nitrogens with zero attached hydrogens (tertiary/aromatic N) is 1. The third-order valence-corrected chi connectivity index (χ3v) is 4.64. The number of amides is 4. The van der Waals surface area contributed by atoms with E-state index in [0.29, 0.717) is 32.5 Å². The molecule has 2 unspecified atom stereocenters. The van der Waals surface area contributed by atoms with Crippen LogP contribution < -0.4 is 10.6 Å². The van der Waals surface area contributed by atoms with Crippen molar-refractivity contribution < 1.29 is 19.1 Å². The van der Waals surface area contributed by atoms with E-state index >= 15 is 0 Å². The van der Waals surface area contributed by atoms with E-state index < -0.39 is 11.6 Å². The van der Waals surface area contributed by atoms with Crippen LogP contribution >= 0.6 is 0 Å². The van der Waals surface area contributed by atoms with Gasteiger partial charge in [-0.15, -0.1) is 0 Å². The number of piperidine rings is 1. The van der Waals surface area contributed by atoms with Gasteiger partial charge in [0.05, 0.1) is 12.0 Å². The molecule has 4 amide bonds. The molecular formula is C13H19N3O4. The molecule has 3 aliphatic heterocycles. The Labute approximate surface area is 117 Å². The monoisotopic (exact) mass is 281 g/mol. The minimum Gasteiger partial charge on any atom is -0.378 e. The molecule has 3 rings (SSSR count). The summed E-state index contributed by atoms with van der Waals surface area (Å²) in [7, 11) is 0. The van der Waals surface area contributed by atoms with Gasteiger partial charge < -0.3 is 15.0 Å². The van der Waals surface area contributed by atoms with Crippen LogP contribution in [0.4, 0.5) is 4.79 Å². The first kappa shape index (κ1) is 13.4. The van der Waals surface area contributed by atoms with Crippen LogP contribution in [-0.4, -0.2) is 54.1 Å². The molecule has 110 valence electrons. The van der Waals surface area contributed by atoms with Crippen molar-refractivity contribution in [3.05, 3.63) is 0 Å². The Hall–Kier alpha value is -1.63. The van der Waals surface area contributed by atoms with Crippen molar-refractivity contribution in [1.82, 2.24) is 15.5 Å². The maximum absolute atomic E-state index is 12.4. The minimum absolute atomic E-state index is 0.0344. The number of rotatable bonds is 1. The molecule has 20 heavy (non-hydrogen) atoms. The van der Waals surface area contributed by atoms with Gasteiger partial charge in [0.15, 0.2) is 0 Å². The number of imide groups is 1. The fraction of sp³-hybridized carbons (Fsp3) is 0.769. The molecular weight excluding hydrogens is 262 g/mol. The lowest BCUT2D eigenvalue weighted by atomic mass is 9.87. The molecule has 0 aromatic rings. The zero-order valence-corrected chi connectivity index (χ0v) is 11.5. The number of nitrogens with one attached hydrogen (secondary N) is 2. The summed E-state index contributed by atoms with van der Waals surface area (Å²) in [5.74, 6) is -0.238. The molecule has 3 saturated heterocycles. The first-order valence-corrected chi connectivity index (χ1v) is 7.06. The van der Waals surface area contributed by atoms with Gasteiger partial charge in [-0.05, 0) is 26.2 Å². The summed E-state index contributed by atoms with van der Waals surface area (Å²) < 4.78 is 5.43. The van der Waals surface area contributed by atoms with Gasteiger partial charge in [-0.2, -0.15) is 0 Å². The van der Waals surface area contributed by atoms with Crippen LogP contribution in [0.1, 0.15) is 26.2 Å². The SMILES string of the molecule is CC1OCCC1C(=O)N1CCC2(CC1)NC(=O)NC2=O. The maximum Gasteiger partial charge on any atom is 0.322 e. The zero-order chi connectivity index (χ0) is 14.3. The molecule has 0 radical (unpaired) electrons. The van der Waals surface area contributed by atoms with Crippen molar-refractivity contribution in [3.63, 3.8) is 0 Å². The van der Waals surface area contributed by atoms with Crippen LogP contribution in [0.15, 0.2) is 0 Å². The number of carbonyl (C=O) groups excluding carboxylic acids is 3. The van der Waals surface area contributed by atoms with E-state index in [2.05, 4.69) is 10.6 Å². The lowest BCUT2D eigenvalue weighted by Gasteiger charge is -2.38. The highest BCUT2D eigenvalue weighted by Crippen LogP contribution is 2.29. The standard InChI is InChI=1S/C13H19N3O4/c1-8-9(2-7-20-8)10(17)16-5-3-13(4-6-16)11(18)14-12(19)15-13/h8-9H,2-7H2,1H3,(H2,14,15,18,19). The second kappa shape index (κ2) is 4.73. The van der Waals surface area contributed by atoms with Gasteiger partial charge in [-0.1, -0.05) is 0 Å². The molecule has 1 spiro atoms. The van der Waals surface area contributed by atoms with Gasteiger partial charge in [-0.25, -0.2) is 4.79 Å². The summed E-state index contributed by atoms with van der Waals surface area (Å²) >= 11 is 0. The lowest BCUT2D eigenvalue weighted by molar-refractivity contribution is -0.140. The summed E-state index contributed by atoms with van der Waals surface area (Å²) in [4.78, 5) is 37.3. The number of likely N-dealkylation sites (tertiary alicyclic amines) is 1. The van der Waals surface area contributed by atoms with Crippen LogP contribution in [-0.2, 0) is 14.3 Å². The van der Waals surface area contributed by atoms with Crippen molar-refractivity contribution in [2.24, 2.45) is 5.92 Å². The first-order chi connectivity index (χ1) is 9.52. The normalized spacial score (nSPS) is 32.4. The van der Waals surface area contributed by atoms with E-state index in [4.69, 9.17) is 4.74 Å². The van der Waals surface area contributed by atoms with Gasteiger partial charge >= 0.3 is 6.03 Å². The predicted molar refractivity (Wildman–Crippen MR) is 68.7 cm³/mol. The third kappa shape index (κ3) is 2.06. The quantitative estimate of drug-likeness (QED) is 0.641. The molecule has 0 aromatic heterocycles. The Morgan fingerprint density at radius 1 is 1.35 bits per heavy atom. The summed E-state index contributed by atoms with van der Waals surface area (Å²) in [5, 5.41) is 4.97. The highest BCUT2D eigenvalue weighted by molar-refractivity contribution is 6.07. The van der Waals surface area contributed by atoms with E-state index in [1.807, 2.05) is 6.92 Å². The lowest BCUT2D eigenvalue weighted by Crippen LogP contribution is -2.56. The average Bonchev–Trinajstić information content (AvgIpc) is 2.95. The Balaban J connectivity index is 1.63. The predicted octanol–water partition coefficient (Wildman–Crippen LogP) is -0.388. The van der Waals surface area contributed by atoms with Gasteiger partial charge in [0.25, 0.3) is 5.91 Å². The number of ether oxygens (including phenoxy) is 1. The highest BCUT2D eigenvalue weighted by Gasteiger charge is 2.49. The maximum atomic E-state index is 12.4. The molecule has 2 atom stereocenters. The van der Waals surface area contributed by atoms with Crippen LogP contribution in [0.3, 0.4) is 0 Å². The number of hydrogen-bond acceptors (Lipinski definition) is 4. The molecule has 7 heteroatoms. The summed E-state index contributed by atoms with van der Waals surface area (Å²) in [6.07, 6.45) is 1.67. The second-order valence-electron chi connectivity index (χ2n) is 5.79. The van der Waals surface area contributed by atoms with Crippen molar-refractivity contribution in [1.29, 1.82) is 0 Å². The largest absolute Gasteiger partial charge is 0.378 e. The van der Waals surface area contributed by atoms with E-state index in [0.717, 1.165) is 6.42 Å². The Bertz CT molecular complexity index is 457. The first-order valence-electron chi connectivity index (χ1n) is 7.06. The second-order valence-corrected chi connectivity index (χ2v) is 5.79. The van der Waals surface area contributed by atoms with Crippen molar-refractivity contribution in [2.45, 2.75) is 37.8 Å². The number of carbonyl (C=O) groups is 3. The van der Waals surface area contributed by atoms with E-state index in [-0.39, 0.29) is 23.8 Å². The highest BCUT2D eigenvalue weighted by atomic mass is 16.5. The molecule has 0 aromatic carbocycles. The van der Waals surface area contributed by atoms with Gasteiger partial charge in [0, 0.05) is 19.7 Å². The topological polar surface area (TPSA) is 87.7 Å². The van der Waals surface area contributed by atoms with E-state index in [1.165, 1.54) is 0 Å².